The van der Waals surface area contributed by atoms with Crippen molar-refractivity contribution in [2.45, 2.75) is 26.7 Å². The van der Waals surface area contributed by atoms with Gasteiger partial charge in [-0.15, -0.1) is 0 Å². The fourth-order valence-electron chi connectivity index (χ4n) is 2.14. The van der Waals surface area contributed by atoms with Gasteiger partial charge in [-0.25, -0.2) is 0 Å². The highest BCUT2D eigenvalue weighted by molar-refractivity contribution is 5.56. The second-order valence-corrected chi connectivity index (χ2v) is 5.01. The van der Waals surface area contributed by atoms with E-state index >= 15 is 0 Å². The van der Waals surface area contributed by atoms with Crippen LogP contribution in [0.5, 0.6) is 23.0 Å². The monoisotopic (exact) mass is 330 g/mol. The van der Waals surface area contributed by atoms with Crippen LogP contribution in [0.3, 0.4) is 0 Å². The molecule has 24 heavy (non-hydrogen) atoms. The molecule has 0 heterocycles. The summed E-state index contributed by atoms with van der Waals surface area (Å²) in [4.78, 5) is 0. The fraction of sp³-hybridized carbons (Fsp3) is 0.300. The van der Waals surface area contributed by atoms with Crippen LogP contribution in [0.25, 0.3) is 6.08 Å². The van der Waals surface area contributed by atoms with E-state index in [9.17, 15) is 10.2 Å². The van der Waals surface area contributed by atoms with Gasteiger partial charge in [0.2, 0.25) is 0 Å². The van der Waals surface area contributed by atoms with E-state index in [4.69, 9.17) is 9.47 Å². The first-order valence-electron chi connectivity index (χ1n) is 7.97. The van der Waals surface area contributed by atoms with E-state index in [0.29, 0.717) is 11.5 Å². The molecule has 0 radical (unpaired) electrons. The number of ether oxygens (including phenoxy) is 2. The first kappa shape index (κ1) is 19.4. The maximum Gasteiger partial charge on any atom is 0.161 e. The lowest BCUT2D eigenvalue weighted by atomic mass is 9.99. The molecule has 1 unspecified atom stereocenters. The van der Waals surface area contributed by atoms with Crippen LogP contribution in [0, 0.1) is 0 Å². The molecule has 2 aromatic carbocycles. The number of hydrogen-bond acceptors (Lipinski definition) is 4. The highest BCUT2D eigenvalue weighted by Gasteiger charge is 2.07. The molecule has 0 saturated carbocycles. The van der Waals surface area contributed by atoms with Crippen LogP contribution in [-0.2, 0) is 0 Å². The Morgan fingerprint density at radius 1 is 0.875 bits per heavy atom. The zero-order valence-corrected chi connectivity index (χ0v) is 14.9. The van der Waals surface area contributed by atoms with Gasteiger partial charge in [-0.1, -0.05) is 45.1 Å². The SMILES string of the molecule is CC.COc1cc(/C=C/C(C)c2ccc(O)c(OC)c2)ccc1O. The molecule has 2 N–H and O–H groups in total. The number of allylic oxidation sites excluding steroid dienone is 1. The number of rotatable bonds is 5. The Morgan fingerprint density at radius 2 is 1.42 bits per heavy atom. The molecule has 0 amide bonds. The van der Waals surface area contributed by atoms with Crippen LogP contribution >= 0.6 is 0 Å². The molecule has 4 nitrogen and oxygen atoms in total. The van der Waals surface area contributed by atoms with Crippen LogP contribution in [0.4, 0.5) is 0 Å². The van der Waals surface area contributed by atoms with Crippen molar-refractivity contribution in [3.63, 3.8) is 0 Å². The molecule has 0 aliphatic carbocycles. The Balaban J connectivity index is 0.00000139. The van der Waals surface area contributed by atoms with E-state index in [0.717, 1.165) is 11.1 Å². The molecular weight excluding hydrogens is 304 g/mol. The number of phenols is 2. The summed E-state index contributed by atoms with van der Waals surface area (Å²) >= 11 is 0. The average Bonchev–Trinajstić information content (AvgIpc) is 2.62. The molecule has 1 atom stereocenters. The number of benzene rings is 2. The van der Waals surface area contributed by atoms with Gasteiger partial charge in [-0.2, -0.15) is 0 Å². The minimum atomic E-state index is 0.121. The summed E-state index contributed by atoms with van der Waals surface area (Å²) in [5.74, 6) is 1.31. The molecule has 0 aromatic heterocycles. The van der Waals surface area contributed by atoms with Gasteiger partial charge < -0.3 is 19.7 Å². The molecule has 0 spiro atoms. The summed E-state index contributed by atoms with van der Waals surface area (Å²) < 4.78 is 10.2. The molecular formula is C20H26O4. The van der Waals surface area contributed by atoms with Crippen molar-refractivity contribution in [1.29, 1.82) is 0 Å². The van der Waals surface area contributed by atoms with E-state index in [1.165, 1.54) is 14.2 Å². The van der Waals surface area contributed by atoms with Crippen molar-refractivity contribution in [2.75, 3.05) is 14.2 Å². The lowest BCUT2D eigenvalue weighted by Gasteiger charge is -2.10. The first-order chi connectivity index (χ1) is 11.5. The minimum absolute atomic E-state index is 0.121. The predicted octanol–water partition coefficient (Wildman–Crippen LogP) is 4.96. The highest BCUT2D eigenvalue weighted by Crippen LogP contribution is 2.31. The lowest BCUT2D eigenvalue weighted by Crippen LogP contribution is -1.91. The normalized spacial score (nSPS) is 11.5. The summed E-state index contributed by atoms with van der Waals surface area (Å²) in [7, 11) is 3.05. The van der Waals surface area contributed by atoms with Gasteiger partial charge in [0, 0.05) is 0 Å². The van der Waals surface area contributed by atoms with Gasteiger partial charge in [-0.3, -0.25) is 0 Å². The Hall–Kier alpha value is -2.62. The smallest absolute Gasteiger partial charge is 0.161 e. The van der Waals surface area contributed by atoms with Crippen LogP contribution < -0.4 is 9.47 Å². The number of methoxy groups -OCH3 is 2. The Labute approximate surface area is 144 Å². The van der Waals surface area contributed by atoms with E-state index in [1.807, 2.05) is 44.2 Å². The van der Waals surface area contributed by atoms with Gasteiger partial charge in [0.15, 0.2) is 23.0 Å². The van der Waals surface area contributed by atoms with Crippen molar-refractivity contribution >= 4 is 6.08 Å². The average molecular weight is 330 g/mol. The molecule has 0 bridgehead atoms. The third-order valence-corrected chi connectivity index (χ3v) is 3.51. The molecule has 2 aromatic rings. The molecule has 4 heteroatoms. The minimum Gasteiger partial charge on any atom is -0.504 e. The summed E-state index contributed by atoms with van der Waals surface area (Å²) in [5.41, 5.74) is 1.98. The molecule has 0 aliphatic rings. The fourth-order valence-corrected chi connectivity index (χ4v) is 2.14. The van der Waals surface area contributed by atoms with Crippen LogP contribution in [-0.4, -0.2) is 24.4 Å². The van der Waals surface area contributed by atoms with Crippen molar-refractivity contribution in [3.8, 4) is 23.0 Å². The Morgan fingerprint density at radius 3 is 2.00 bits per heavy atom. The zero-order valence-electron chi connectivity index (χ0n) is 14.9. The van der Waals surface area contributed by atoms with Gasteiger partial charge in [0.05, 0.1) is 14.2 Å². The molecule has 2 rings (SSSR count). The topological polar surface area (TPSA) is 58.9 Å². The Kier molecular flexibility index (Phi) is 7.69. The maximum absolute atomic E-state index is 9.63. The van der Waals surface area contributed by atoms with Gasteiger partial charge in [-0.05, 0) is 41.3 Å². The van der Waals surface area contributed by atoms with Crippen LogP contribution in [0.1, 0.15) is 37.8 Å². The van der Waals surface area contributed by atoms with Gasteiger partial charge in [0.25, 0.3) is 0 Å². The molecule has 0 aliphatic heterocycles. The van der Waals surface area contributed by atoms with Crippen molar-refractivity contribution < 1.29 is 19.7 Å². The largest absolute Gasteiger partial charge is 0.504 e. The van der Waals surface area contributed by atoms with E-state index < -0.39 is 0 Å². The lowest BCUT2D eigenvalue weighted by molar-refractivity contribution is 0.373. The summed E-state index contributed by atoms with van der Waals surface area (Å²) in [6.45, 7) is 6.06. The number of aromatic hydroxyl groups is 2. The van der Waals surface area contributed by atoms with Crippen LogP contribution in [0.2, 0.25) is 0 Å². The van der Waals surface area contributed by atoms with Gasteiger partial charge >= 0.3 is 0 Å². The second kappa shape index (κ2) is 9.50. The quantitative estimate of drug-likeness (QED) is 0.813. The molecule has 0 fully saturated rings. The van der Waals surface area contributed by atoms with Crippen molar-refractivity contribution in [3.05, 3.63) is 53.6 Å². The van der Waals surface area contributed by atoms with Crippen LogP contribution in [0.15, 0.2) is 42.5 Å². The van der Waals surface area contributed by atoms with Gasteiger partial charge in [0.1, 0.15) is 0 Å². The molecule has 130 valence electrons. The first-order valence-corrected chi connectivity index (χ1v) is 7.97. The summed E-state index contributed by atoms with van der Waals surface area (Å²) in [6.07, 6.45) is 4.00. The number of phenolic OH excluding ortho intramolecular Hbond substituents is 2. The summed E-state index contributed by atoms with van der Waals surface area (Å²) in [6, 6.07) is 10.5. The summed E-state index contributed by atoms with van der Waals surface area (Å²) in [5, 5.41) is 19.2. The van der Waals surface area contributed by atoms with Crippen molar-refractivity contribution in [1.82, 2.24) is 0 Å². The highest BCUT2D eigenvalue weighted by atomic mass is 16.5. The number of hydrogen-bond donors (Lipinski definition) is 2. The molecule has 0 saturated heterocycles. The maximum atomic E-state index is 9.63. The predicted molar refractivity (Wildman–Crippen MR) is 98.1 cm³/mol. The third kappa shape index (κ3) is 4.95. The third-order valence-electron chi connectivity index (χ3n) is 3.51. The van der Waals surface area contributed by atoms with E-state index in [-0.39, 0.29) is 17.4 Å². The standard InChI is InChI=1S/C18H20O4.C2H6/c1-12(14-7-9-16(20)18(11-14)22-3)4-5-13-6-8-15(19)17(10-13)21-2;1-2/h4-12,19-20H,1-3H3;1-2H3/b5-4+;. The van der Waals surface area contributed by atoms with E-state index in [2.05, 4.69) is 6.92 Å². The van der Waals surface area contributed by atoms with E-state index in [1.54, 1.807) is 18.2 Å². The zero-order chi connectivity index (χ0) is 18.1. The van der Waals surface area contributed by atoms with Crippen molar-refractivity contribution in [2.24, 2.45) is 0 Å². The Bertz CT molecular complexity index is 677. The second-order valence-electron chi connectivity index (χ2n) is 5.01.